The second kappa shape index (κ2) is 8.15. The number of ether oxygens (including phenoxy) is 1. The number of rotatable bonds is 6. The van der Waals surface area contributed by atoms with Crippen LogP contribution in [0.25, 0.3) is 0 Å². The average Bonchev–Trinajstić information content (AvgIpc) is 2.58. The number of carbonyl (C=O) groups excluding carboxylic acids is 2. The third-order valence-electron chi connectivity index (χ3n) is 3.53. The van der Waals surface area contributed by atoms with Crippen LogP contribution >= 0.6 is 0 Å². The van der Waals surface area contributed by atoms with E-state index in [1.54, 1.807) is 38.1 Å². The molecule has 1 atom stereocenters. The van der Waals surface area contributed by atoms with Crippen molar-refractivity contribution in [1.82, 2.24) is 0 Å². The zero-order valence-electron chi connectivity index (χ0n) is 14.1. The Balaban J connectivity index is 2.03. The fourth-order valence-corrected chi connectivity index (χ4v) is 2.07. The first kappa shape index (κ1) is 17.5. The maximum Gasteiger partial charge on any atom is 0.265 e. The van der Waals surface area contributed by atoms with Gasteiger partial charge in [-0.05, 0) is 43.7 Å². The van der Waals surface area contributed by atoms with Crippen molar-refractivity contribution in [2.24, 2.45) is 0 Å². The van der Waals surface area contributed by atoms with Crippen LogP contribution in [0.15, 0.2) is 48.5 Å². The molecular weight excluding hydrogens is 304 g/mol. The fourth-order valence-electron chi connectivity index (χ4n) is 2.07. The van der Waals surface area contributed by atoms with Crippen LogP contribution in [-0.2, 0) is 9.59 Å². The van der Waals surface area contributed by atoms with E-state index in [1.165, 1.54) is 0 Å². The van der Waals surface area contributed by atoms with Gasteiger partial charge in [0.15, 0.2) is 6.10 Å². The molecule has 2 N–H and O–H groups in total. The molecule has 0 fully saturated rings. The number of anilines is 2. The molecule has 0 saturated carbocycles. The van der Waals surface area contributed by atoms with E-state index in [0.29, 0.717) is 23.5 Å². The van der Waals surface area contributed by atoms with Gasteiger partial charge in [-0.1, -0.05) is 31.2 Å². The Morgan fingerprint density at radius 1 is 1.08 bits per heavy atom. The number of carbonyl (C=O) groups is 2. The third-order valence-corrected chi connectivity index (χ3v) is 3.53. The lowest BCUT2D eigenvalue weighted by atomic mass is 10.1. The topological polar surface area (TPSA) is 67.4 Å². The molecule has 0 heterocycles. The number of hydrogen-bond donors (Lipinski definition) is 2. The summed E-state index contributed by atoms with van der Waals surface area (Å²) in [6.45, 7) is 5.38. The van der Waals surface area contributed by atoms with E-state index in [9.17, 15) is 9.59 Å². The molecule has 0 aromatic heterocycles. The SMILES string of the molecule is CCC(=O)Nc1cc(NC(=O)C(C)Oc2ccccc2)ccc1C. The number of amides is 2. The summed E-state index contributed by atoms with van der Waals surface area (Å²) in [5.41, 5.74) is 2.24. The highest BCUT2D eigenvalue weighted by Crippen LogP contribution is 2.21. The molecule has 126 valence electrons. The van der Waals surface area contributed by atoms with Crippen LogP contribution < -0.4 is 15.4 Å². The molecule has 0 saturated heterocycles. The van der Waals surface area contributed by atoms with Gasteiger partial charge in [0.2, 0.25) is 5.91 Å². The molecule has 24 heavy (non-hydrogen) atoms. The molecule has 2 rings (SSSR count). The van der Waals surface area contributed by atoms with Crippen LogP contribution in [0.4, 0.5) is 11.4 Å². The second-order valence-electron chi connectivity index (χ2n) is 5.49. The average molecular weight is 326 g/mol. The first-order valence-corrected chi connectivity index (χ1v) is 7.92. The summed E-state index contributed by atoms with van der Waals surface area (Å²) in [6.07, 6.45) is -0.236. The summed E-state index contributed by atoms with van der Waals surface area (Å²) in [4.78, 5) is 23.8. The van der Waals surface area contributed by atoms with E-state index in [0.717, 1.165) is 5.56 Å². The summed E-state index contributed by atoms with van der Waals surface area (Å²) >= 11 is 0. The fraction of sp³-hybridized carbons (Fsp3) is 0.263. The van der Waals surface area contributed by atoms with Crippen molar-refractivity contribution in [3.05, 3.63) is 54.1 Å². The molecule has 2 aromatic rings. The van der Waals surface area contributed by atoms with Gasteiger partial charge in [-0.15, -0.1) is 0 Å². The first-order chi connectivity index (χ1) is 11.5. The summed E-state index contributed by atoms with van der Waals surface area (Å²) in [5, 5.41) is 5.63. The zero-order valence-corrected chi connectivity index (χ0v) is 14.1. The molecule has 5 nitrogen and oxygen atoms in total. The normalized spacial score (nSPS) is 11.5. The summed E-state index contributed by atoms with van der Waals surface area (Å²) in [5.74, 6) is 0.317. The minimum Gasteiger partial charge on any atom is -0.481 e. The minimum atomic E-state index is -0.637. The van der Waals surface area contributed by atoms with Gasteiger partial charge in [0.05, 0.1) is 0 Å². The van der Waals surface area contributed by atoms with Gasteiger partial charge in [-0.25, -0.2) is 0 Å². The monoisotopic (exact) mass is 326 g/mol. The summed E-state index contributed by atoms with van der Waals surface area (Å²) < 4.78 is 5.60. The maximum atomic E-state index is 12.3. The highest BCUT2D eigenvalue weighted by molar-refractivity contribution is 5.96. The Morgan fingerprint density at radius 2 is 1.79 bits per heavy atom. The number of benzene rings is 2. The highest BCUT2D eigenvalue weighted by atomic mass is 16.5. The largest absolute Gasteiger partial charge is 0.481 e. The van der Waals surface area contributed by atoms with Crippen molar-refractivity contribution in [3.8, 4) is 5.75 Å². The van der Waals surface area contributed by atoms with Crippen molar-refractivity contribution < 1.29 is 14.3 Å². The number of aryl methyl sites for hydroxylation is 1. The highest BCUT2D eigenvalue weighted by Gasteiger charge is 2.15. The number of hydrogen-bond acceptors (Lipinski definition) is 3. The van der Waals surface area contributed by atoms with Crippen LogP contribution in [-0.4, -0.2) is 17.9 Å². The van der Waals surface area contributed by atoms with Gasteiger partial charge < -0.3 is 15.4 Å². The quantitative estimate of drug-likeness (QED) is 0.849. The van der Waals surface area contributed by atoms with E-state index in [1.807, 2.05) is 31.2 Å². The van der Waals surface area contributed by atoms with E-state index >= 15 is 0 Å². The molecule has 0 spiro atoms. The van der Waals surface area contributed by atoms with E-state index in [2.05, 4.69) is 10.6 Å². The van der Waals surface area contributed by atoms with Crippen LogP contribution in [0.5, 0.6) is 5.75 Å². The molecule has 0 aliphatic carbocycles. The first-order valence-electron chi connectivity index (χ1n) is 7.92. The van der Waals surface area contributed by atoms with E-state index < -0.39 is 6.10 Å². The van der Waals surface area contributed by atoms with Crippen LogP contribution in [0.2, 0.25) is 0 Å². The van der Waals surface area contributed by atoms with Crippen molar-refractivity contribution in [1.29, 1.82) is 0 Å². The summed E-state index contributed by atoms with van der Waals surface area (Å²) in [7, 11) is 0. The van der Waals surface area contributed by atoms with Gasteiger partial charge in [0, 0.05) is 17.8 Å². The van der Waals surface area contributed by atoms with Crippen molar-refractivity contribution in [2.75, 3.05) is 10.6 Å². The van der Waals surface area contributed by atoms with Crippen LogP contribution in [0, 0.1) is 6.92 Å². The number of para-hydroxylation sites is 1. The maximum absolute atomic E-state index is 12.3. The zero-order chi connectivity index (χ0) is 17.5. The van der Waals surface area contributed by atoms with Crippen molar-refractivity contribution in [3.63, 3.8) is 0 Å². The van der Waals surface area contributed by atoms with Gasteiger partial charge in [0.1, 0.15) is 5.75 Å². The molecule has 1 unspecified atom stereocenters. The standard InChI is InChI=1S/C19H22N2O3/c1-4-18(22)21-17-12-15(11-10-13(17)2)20-19(23)14(3)24-16-8-6-5-7-9-16/h5-12,14H,4H2,1-3H3,(H,20,23)(H,21,22). The van der Waals surface area contributed by atoms with Gasteiger partial charge in [-0.2, -0.15) is 0 Å². The van der Waals surface area contributed by atoms with Crippen molar-refractivity contribution in [2.45, 2.75) is 33.3 Å². The molecule has 0 aliphatic heterocycles. The molecule has 0 radical (unpaired) electrons. The lowest BCUT2D eigenvalue weighted by Gasteiger charge is -2.16. The molecular formula is C19H22N2O3. The Morgan fingerprint density at radius 3 is 2.46 bits per heavy atom. The van der Waals surface area contributed by atoms with Gasteiger partial charge in [-0.3, -0.25) is 9.59 Å². The predicted octanol–water partition coefficient (Wildman–Crippen LogP) is 3.75. The minimum absolute atomic E-state index is 0.0673. The lowest BCUT2D eigenvalue weighted by Crippen LogP contribution is -2.30. The van der Waals surface area contributed by atoms with Gasteiger partial charge >= 0.3 is 0 Å². The predicted molar refractivity (Wildman–Crippen MR) is 95.3 cm³/mol. The molecule has 5 heteroatoms. The lowest BCUT2D eigenvalue weighted by molar-refractivity contribution is -0.122. The third kappa shape index (κ3) is 4.84. The molecule has 0 bridgehead atoms. The molecule has 0 aliphatic rings. The summed E-state index contributed by atoms with van der Waals surface area (Å²) in [6, 6.07) is 14.6. The van der Waals surface area contributed by atoms with Gasteiger partial charge in [0.25, 0.3) is 5.91 Å². The molecule has 2 aromatic carbocycles. The molecule has 2 amide bonds. The Bertz CT molecular complexity index is 714. The van der Waals surface area contributed by atoms with E-state index in [-0.39, 0.29) is 11.8 Å². The van der Waals surface area contributed by atoms with Crippen molar-refractivity contribution >= 4 is 23.2 Å². The Kier molecular flexibility index (Phi) is 5.95. The Hall–Kier alpha value is -2.82. The van der Waals surface area contributed by atoms with Crippen LogP contribution in [0.1, 0.15) is 25.8 Å². The Labute approximate surface area is 142 Å². The van der Waals surface area contributed by atoms with E-state index in [4.69, 9.17) is 4.74 Å². The number of nitrogens with one attached hydrogen (secondary N) is 2. The second-order valence-corrected chi connectivity index (χ2v) is 5.49. The van der Waals surface area contributed by atoms with Crippen LogP contribution in [0.3, 0.4) is 0 Å². The smallest absolute Gasteiger partial charge is 0.265 e.